The lowest BCUT2D eigenvalue weighted by molar-refractivity contribution is 0.0918. The van der Waals surface area contributed by atoms with Crippen molar-refractivity contribution in [2.45, 2.75) is 6.61 Å². The van der Waals surface area contributed by atoms with Crippen molar-refractivity contribution in [1.82, 2.24) is 10.8 Å². The fraction of sp³-hybridized carbons (Fsp3) is 0.120. The minimum Gasteiger partial charge on any atom is -0.492 e. The fourth-order valence-electron chi connectivity index (χ4n) is 3.42. The van der Waals surface area contributed by atoms with E-state index >= 15 is 0 Å². The van der Waals surface area contributed by atoms with Gasteiger partial charge in [0.05, 0.1) is 6.54 Å². The second-order valence-corrected chi connectivity index (χ2v) is 7.87. The molecule has 0 radical (unpaired) electrons. The van der Waals surface area contributed by atoms with Crippen LogP contribution in [0.25, 0.3) is 11.0 Å². The molecule has 0 spiro atoms. The molecule has 0 bridgehead atoms. The van der Waals surface area contributed by atoms with Crippen LogP contribution in [0, 0.1) is 17.5 Å². The summed E-state index contributed by atoms with van der Waals surface area (Å²) in [6.07, 6.45) is 0. The summed E-state index contributed by atoms with van der Waals surface area (Å²) in [5.41, 5.74) is 3.16. The molecule has 4 rings (SSSR count). The van der Waals surface area contributed by atoms with Crippen molar-refractivity contribution in [3.05, 3.63) is 95.0 Å². The molecule has 1 heterocycles. The summed E-state index contributed by atoms with van der Waals surface area (Å²) in [6.45, 7) is -0.145. The summed E-state index contributed by atoms with van der Waals surface area (Å²) < 4.78 is 57.7. The van der Waals surface area contributed by atoms with Crippen molar-refractivity contribution < 1.29 is 37.1 Å². The number of carbonyl (C=O) groups excluding carboxylic acids is 1. The van der Waals surface area contributed by atoms with Crippen LogP contribution in [0.15, 0.2) is 65.1 Å². The van der Waals surface area contributed by atoms with Gasteiger partial charge in [0, 0.05) is 28.6 Å². The Hall–Kier alpha value is -4.09. The van der Waals surface area contributed by atoms with Crippen molar-refractivity contribution in [1.29, 1.82) is 0 Å². The number of thiocarbonyl (C=S) groups is 1. The topological polar surface area (TPSA) is 93.0 Å². The van der Waals surface area contributed by atoms with Gasteiger partial charge in [0.1, 0.15) is 35.4 Å². The Bertz CT molecular complexity index is 1390. The molecule has 0 atom stereocenters. The number of hydrogen-bond donors (Lipinski definition) is 3. The molecular formula is C25H19F3N2O5S. The molecule has 0 saturated carbocycles. The molecule has 11 heteroatoms. The average molecular weight is 516 g/mol. The molecule has 7 nitrogen and oxygen atoms in total. The van der Waals surface area contributed by atoms with Crippen molar-refractivity contribution in [3.63, 3.8) is 0 Å². The highest BCUT2D eigenvalue weighted by atomic mass is 32.1. The number of hydroxylamine groups is 1. The number of rotatable bonds is 9. The molecule has 0 fully saturated rings. The quantitative estimate of drug-likeness (QED) is 0.166. The minimum absolute atomic E-state index is 0.0894. The molecule has 3 N–H and O–H groups in total. The highest BCUT2D eigenvalue weighted by Gasteiger charge is 2.22. The van der Waals surface area contributed by atoms with Crippen LogP contribution in [0.1, 0.15) is 21.7 Å². The number of carbonyl (C=O) groups is 1. The first kappa shape index (κ1) is 25.0. The molecular weight excluding hydrogens is 497 g/mol. The molecule has 0 aliphatic carbocycles. The van der Waals surface area contributed by atoms with Crippen LogP contribution < -0.4 is 20.3 Å². The molecule has 0 unspecified atom stereocenters. The number of para-hydroxylation sites is 1. The number of amides is 1. The van der Waals surface area contributed by atoms with Crippen LogP contribution in [-0.2, 0) is 6.61 Å². The number of hydrogen-bond acceptors (Lipinski definition) is 6. The second-order valence-electron chi connectivity index (χ2n) is 7.46. The zero-order valence-electron chi connectivity index (χ0n) is 18.5. The Morgan fingerprint density at radius 2 is 1.69 bits per heavy atom. The zero-order valence-corrected chi connectivity index (χ0v) is 19.3. The Morgan fingerprint density at radius 3 is 2.39 bits per heavy atom. The Morgan fingerprint density at radius 1 is 1.00 bits per heavy atom. The SMILES string of the molecule is O=C(NCCOc1ccc(C(=S)NO)cc1)c1oc2ccccc2c1COc1c(F)cc(F)cc1F. The van der Waals surface area contributed by atoms with E-state index in [0.29, 0.717) is 34.4 Å². The molecule has 36 heavy (non-hydrogen) atoms. The van der Waals surface area contributed by atoms with E-state index in [4.69, 9.17) is 31.3 Å². The highest BCUT2D eigenvalue weighted by Crippen LogP contribution is 2.29. The third-order valence-electron chi connectivity index (χ3n) is 5.10. The van der Waals surface area contributed by atoms with Gasteiger partial charge in [-0.3, -0.25) is 15.5 Å². The molecule has 0 saturated heterocycles. The maximum Gasteiger partial charge on any atom is 0.287 e. The van der Waals surface area contributed by atoms with Crippen LogP contribution in [0.4, 0.5) is 13.2 Å². The van der Waals surface area contributed by atoms with Crippen molar-refractivity contribution in [2.24, 2.45) is 0 Å². The lowest BCUT2D eigenvalue weighted by Crippen LogP contribution is -2.28. The molecule has 1 amide bonds. The molecule has 186 valence electrons. The van der Waals surface area contributed by atoms with Gasteiger partial charge in [-0.25, -0.2) is 13.2 Å². The number of furan rings is 1. The molecule has 0 aliphatic heterocycles. The van der Waals surface area contributed by atoms with E-state index in [-0.39, 0.29) is 29.5 Å². The smallest absolute Gasteiger partial charge is 0.287 e. The van der Waals surface area contributed by atoms with Crippen LogP contribution in [0.5, 0.6) is 11.5 Å². The largest absolute Gasteiger partial charge is 0.492 e. The number of nitrogens with one attached hydrogen (secondary N) is 2. The van der Waals surface area contributed by atoms with E-state index < -0.39 is 35.7 Å². The molecule has 0 aliphatic rings. The zero-order chi connectivity index (χ0) is 25.7. The van der Waals surface area contributed by atoms with Crippen molar-refractivity contribution >= 4 is 34.1 Å². The van der Waals surface area contributed by atoms with Gasteiger partial charge < -0.3 is 19.2 Å². The number of halogens is 3. The first-order chi connectivity index (χ1) is 17.4. The Labute approximate surface area is 208 Å². The molecule has 1 aromatic heterocycles. The van der Waals surface area contributed by atoms with E-state index in [2.05, 4.69) is 5.32 Å². The first-order valence-electron chi connectivity index (χ1n) is 10.6. The van der Waals surface area contributed by atoms with Gasteiger partial charge in [-0.1, -0.05) is 30.4 Å². The predicted octanol–water partition coefficient (Wildman–Crippen LogP) is 4.89. The summed E-state index contributed by atoms with van der Waals surface area (Å²) in [5, 5.41) is 12.0. The number of ether oxygens (including phenoxy) is 2. The summed E-state index contributed by atoms with van der Waals surface area (Å²) in [4.78, 5) is 13.0. The van der Waals surface area contributed by atoms with E-state index in [1.807, 2.05) is 5.48 Å². The summed E-state index contributed by atoms with van der Waals surface area (Å²) in [7, 11) is 0. The van der Waals surface area contributed by atoms with E-state index in [1.165, 1.54) is 0 Å². The molecule has 3 aromatic carbocycles. The van der Waals surface area contributed by atoms with Gasteiger partial charge in [0.25, 0.3) is 5.91 Å². The Kier molecular flexibility index (Phi) is 7.71. The number of benzene rings is 3. The van der Waals surface area contributed by atoms with Crippen LogP contribution in [0.3, 0.4) is 0 Å². The normalized spacial score (nSPS) is 10.8. The van der Waals surface area contributed by atoms with Gasteiger partial charge in [0.2, 0.25) is 0 Å². The van der Waals surface area contributed by atoms with E-state index in [1.54, 1.807) is 48.5 Å². The lowest BCUT2D eigenvalue weighted by Gasteiger charge is -2.10. The predicted molar refractivity (Wildman–Crippen MR) is 128 cm³/mol. The highest BCUT2D eigenvalue weighted by molar-refractivity contribution is 7.80. The standard InChI is InChI=1S/C25H19F3N2O5S/c26-15-11-19(27)23(20(28)12-15)34-13-18-17-3-1-2-4-21(17)35-22(18)24(31)29-9-10-33-16-7-5-14(6-8-16)25(36)30-32/h1-8,11-12,32H,9-10,13H2,(H,29,31)(H,30,36). The number of fused-ring (bicyclic) bond motifs is 1. The van der Waals surface area contributed by atoms with Gasteiger partial charge in [-0.15, -0.1) is 0 Å². The first-order valence-corrected chi connectivity index (χ1v) is 11.0. The van der Waals surface area contributed by atoms with Crippen molar-refractivity contribution in [2.75, 3.05) is 13.2 Å². The van der Waals surface area contributed by atoms with Crippen LogP contribution in [0.2, 0.25) is 0 Å². The lowest BCUT2D eigenvalue weighted by atomic mass is 10.1. The Balaban J connectivity index is 1.42. The summed E-state index contributed by atoms with van der Waals surface area (Å²) in [5.74, 6) is -4.39. The van der Waals surface area contributed by atoms with Gasteiger partial charge in [0.15, 0.2) is 23.1 Å². The third-order valence-corrected chi connectivity index (χ3v) is 5.43. The maximum absolute atomic E-state index is 14.0. The van der Waals surface area contributed by atoms with Gasteiger partial charge in [-0.05, 0) is 30.3 Å². The minimum atomic E-state index is -1.20. The van der Waals surface area contributed by atoms with E-state index in [0.717, 1.165) is 0 Å². The average Bonchev–Trinajstić information content (AvgIpc) is 3.24. The monoisotopic (exact) mass is 516 g/mol. The molecule has 4 aromatic rings. The summed E-state index contributed by atoms with van der Waals surface area (Å²) >= 11 is 4.93. The maximum atomic E-state index is 14.0. The second kappa shape index (κ2) is 11.1. The summed E-state index contributed by atoms with van der Waals surface area (Å²) in [6, 6.07) is 14.4. The van der Waals surface area contributed by atoms with Gasteiger partial charge in [-0.2, -0.15) is 0 Å². The van der Waals surface area contributed by atoms with Gasteiger partial charge >= 0.3 is 0 Å². The van der Waals surface area contributed by atoms with Crippen LogP contribution >= 0.6 is 12.2 Å². The fourth-order valence-corrected chi connectivity index (χ4v) is 3.55. The van der Waals surface area contributed by atoms with Crippen molar-refractivity contribution in [3.8, 4) is 11.5 Å². The van der Waals surface area contributed by atoms with E-state index in [9.17, 15) is 18.0 Å². The third kappa shape index (κ3) is 5.58. The van der Waals surface area contributed by atoms with Crippen LogP contribution in [-0.4, -0.2) is 29.3 Å².